The standard InChI is InChI=1S/C17H13NO4/c19-16(14-5-6-15-13(9-14)7-8-22-15)18-10-11-1-3-12(4-2-11)17(20)21/h1-9H,10H2,(H,18,19)(H,20,21). The van der Waals surface area contributed by atoms with Gasteiger partial charge in [-0.2, -0.15) is 0 Å². The highest BCUT2D eigenvalue weighted by Gasteiger charge is 2.08. The van der Waals surface area contributed by atoms with Crippen LogP contribution >= 0.6 is 0 Å². The third-order valence-electron chi connectivity index (χ3n) is 3.37. The Morgan fingerprint density at radius 2 is 1.73 bits per heavy atom. The summed E-state index contributed by atoms with van der Waals surface area (Å²) in [4.78, 5) is 22.9. The van der Waals surface area contributed by atoms with E-state index in [4.69, 9.17) is 9.52 Å². The van der Waals surface area contributed by atoms with Gasteiger partial charge in [0.15, 0.2) is 0 Å². The van der Waals surface area contributed by atoms with Gasteiger partial charge in [-0.1, -0.05) is 12.1 Å². The number of aromatic carboxylic acids is 1. The zero-order chi connectivity index (χ0) is 15.5. The highest BCUT2D eigenvalue weighted by Crippen LogP contribution is 2.17. The number of nitrogens with one attached hydrogen (secondary N) is 1. The van der Waals surface area contributed by atoms with E-state index >= 15 is 0 Å². The predicted octanol–water partition coefficient (Wildman–Crippen LogP) is 3.06. The number of fused-ring (bicyclic) bond motifs is 1. The first kappa shape index (κ1) is 13.9. The predicted molar refractivity (Wildman–Crippen MR) is 80.8 cm³/mol. The fourth-order valence-corrected chi connectivity index (χ4v) is 2.16. The molecule has 0 aliphatic rings. The topological polar surface area (TPSA) is 79.5 Å². The summed E-state index contributed by atoms with van der Waals surface area (Å²) in [6.45, 7) is 0.335. The highest BCUT2D eigenvalue weighted by molar-refractivity contribution is 5.97. The number of benzene rings is 2. The first-order chi connectivity index (χ1) is 10.6. The Labute approximate surface area is 126 Å². The quantitative estimate of drug-likeness (QED) is 0.775. The van der Waals surface area contributed by atoms with Gasteiger partial charge in [0.1, 0.15) is 5.58 Å². The Hall–Kier alpha value is -3.08. The minimum atomic E-state index is -0.969. The number of carboxylic acids is 1. The molecule has 3 rings (SSSR count). The van der Waals surface area contributed by atoms with Crippen molar-refractivity contribution in [1.82, 2.24) is 5.32 Å². The molecule has 0 atom stereocenters. The van der Waals surface area contributed by atoms with Gasteiger partial charge >= 0.3 is 5.97 Å². The number of hydrogen-bond donors (Lipinski definition) is 2. The molecule has 0 aliphatic carbocycles. The molecule has 0 bridgehead atoms. The number of amides is 1. The minimum absolute atomic E-state index is 0.189. The van der Waals surface area contributed by atoms with Crippen LogP contribution in [0.25, 0.3) is 11.0 Å². The molecule has 0 unspecified atom stereocenters. The highest BCUT2D eigenvalue weighted by atomic mass is 16.4. The van der Waals surface area contributed by atoms with Crippen molar-refractivity contribution in [3.05, 3.63) is 71.5 Å². The Kier molecular flexibility index (Phi) is 3.62. The van der Waals surface area contributed by atoms with Gasteiger partial charge in [-0.3, -0.25) is 4.79 Å². The second-order valence-electron chi connectivity index (χ2n) is 4.86. The Balaban J connectivity index is 1.67. The largest absolute Gasteiger partial charge is 0.478 e. The van der Waals surface area contributed by atoms with Crippen LogP contribution in [0.1, 0.15) is 26.3 Å². The van der Waals surface area contributed by atoms with Crippen molar-refractivity contribution < 1.29 is 19.1 Å². The van der Waals surface area contributed by atoms with Crippen molar-refractivity contribution in [3.8, 4) is 0 Å². The van der Waals surface area contributed by atoms with E-state index in [2.05, 4.69) is 5.32 Å². The number of carbonyl (C=O) groups is 2. The molecular weight excluding hydrogens is 282 g/mol. The molecule has 110 valence electrons. The molecule has 2 aromatic carbocycles. The van der Waals surface area contributed by atoms with Crippen LogP contribution in [-0.2, 0) is 6.54 Å². The fourth-order valence-electron chi connectivity index (χ4n) is 2.16. The lowest BCUT2D eigenvalue weighted by molar-refractivity contribution is 0.0696. The van der Waals surface area contributed by atoms with Crippen molar-refractivity contribution in [3.63, 3.8) is 0 Å². The third-order valence-corrected chi connectivity index (χ3v) is 3.37. The number of rotatable bonds is 4. The summed E-state index contributed by atoms with van der Waals surface area (Å²) < 4.78 is 5.23. The zero-order valence-corrected chi connectivity index (χ0v) is 11.6. The molecule has 0 saturated carbocycles. The van der Waals surface area contributed by atoms with Gasteiger partial charge in [0, 0.05) is 17.5 Å². The molecular formula is C17H13NO4. The maximum Gasteiger partial charge on any atom is 0.335 e. The van der Waals surface area contributed by atoms with Crippen LogP contribution in [0.3, 0.4) is 0 Å². The molecule has 0 saturated heterocycles. The van der Waals surface area contributed by atoms with E-state index in [1.165, 1.54) is 12.1 Å². The van der Waals surface area contributed by atoms with Crippen LogP contribution in [0.4, 0.5) is 0 Å². The molecule has 1 amide bonds. The lowest BCUT2D eigenvalue weighted by atomic mass is 10.1. The summed E-state index contributed by atoms with van der Waals surface area (Å²) in [6, 6.07) is 13.4. The molecule has 3 aromatic rings. The summed E-state index contributed by atoms with van der Waals surface area (Å²) in [6.07, 6.45) is 1.58. The van der Waals surface area contributed by atoms with Crippen LogP contribution in [0.15, 0.2) is 59.2 Å². The lowest BCUT2D eigenvalue weighted by Gasteiger charge is -2.06. The van der Waals surface area contributed by atoms with Gasteiger partial charge in [0.25, 0.3) is 5.91 Å². The van der Waals surface area contributed by atoms with Gasteiger partial charge in [-0.15, -0.1) is 0 Å². The molecule has 5 heteroatoms. The number of hydrogen-bond acceptors (Lipinski definition) is 3. The van der Waals surface area contributed by atoms with E-state index in [0.717, 1.165) is 16.5 Å². The van der Waals surface area contributed by atoms with Crippen LogP contribution in [0.2, 0.25) is 0 Å². The molecule has 0 spiro atoms. The molecule has 0 fully saturated rings. The molecule has 2 N–H and O–H groups in total. The SMILES string of the molecule is O=C(O)c1ccc(CNC(=O)c2ccc3occc3c2)cc1. The maximum absolute atomic E-state index is 12.1. The summed E-state index contributed by atoms with van der Waals surface area (Å²) in [5.41, 5.74) is 2.35. The molecule has 1 aromatic heterocycles. The van der Waals surface area contributed by atoms with Crippen molar-refractivity contribution >= 4 is 22.8 Å². The Bertz CT molecular complexity index is 833. The Morgan fingerprint density at radius 3 is 2.45 bits per heavy atom. The van der Waals surface area contributed by atoms with E-state index in [1.54, 1.807) is 42.7 Å². The van der Waals surface area contributed by atoms with Gasteiger partial charge in [0.2, 0.25) is 0 Å². The first-order valence-corrected chi connectivity index (χ1v) is 6.71. The minimum Gasteiger partial charge on any atom is -0.478 e. The molecule has 5 nitrogen and oxygen atoms in total. The van der Waals surface area contributed by atoms with E-state index in [9.17, 15) is 9.59 Å². The first-order valence-electron chi connectivity index (χ1n) is 6.71. The normalized spacial score (nSPS) is 10.5. The van der Waals surface area contributed by atoms with Crippen LogP contribution in [0, 0.1) is 0 Å². The summed E-state index contributed by atoms with van der Waals surface area (Å²) in [7, 11) is 0. The third kappa shape index (κ3) is 2.83. The number of carboxylic acid groups (broad SMARTS) is 1. The molecule has 1 heterocycles. The van der Waals surface area contributed by atoms with E-state index < -0.39 is 5.97 Å². The molecule has 0 radical (unpaired) electrons. The number of furan rings is 1. The second-order valence-corrected chi connectivity index (χ2v) is 4.86. The maximum atomic E-state index is 12.1. The van der Waals surface area contributed by atoms with Crippen molar-refractivity contribution in [2.24, 2.45) is 0 Å². The summed E-state index contributed by atoms with van der Waals surface area (Å²) >= 11 is 0. The summed E-state index contributed by atoms with van der Waals surface area (Å²) in [5, 5.41) is 12.5. The van der Waals surface area contributed by atoms with Gasteiger partial charge < -0.3 is 14.8 Å². The van der Waals surface area contributed by atoms with Crippen molar-refractivity contribution in [2.75, 3.05) is 0 Å². The van der Waals surface area contributed by atoms with Gasteiger partial charge in [-0.05, 0) is 42.0 Å². The average molecular weight is 295 g/mol. The van der Waals surface area contributed by atoms with Crippen LogP contribution < -0.4 is 5.32 Å². The average Bonchev–Trinajstić information content (AvgIpc) is 3.00. The number of carbonyl (C=O) groups excluding carboxylic acids is 1. The molecule has 22 heavy (non-hydrogen) atoms. The Morgan fingerprint density at radius 1 is 1.00 bits per heavy atom. The van der Waals surface area contributed by atoms with E-state index in [0.29, 0.717) is 12.1 Å². The second kappa shape index (κ2) is 5.73. The van der Waals surface area contributed by atoms with Crippen LogP contribution in [0.5, 0.6) is 0 Å². The van der Waals surface area contributed by atoms with Gasteiger partial charge in [-0.25, -0.2) is 4.79 Å². The smallest absolute Gasteiger partial charge is 0.335 e. The van der Waals surface area contributed by atoms with E-state index in [-0.39, 0.29) is 11.5 Å². The van der Waals surface area contributed by atoms with Crippen LogP contribution in [-0.4, -0.2) is 17.0 Å². The summed E-state index contributed by atoms with van der Waals surface area (Å²) in [5.74, 6) is -1.16. The van der Waals surface area contributed by atoms with Gasteiger partial charge in [0.05, 0.1) is 11.8 Å². The fraction of sp³-hybridized carbons (Fsp3) is 0.0588. The molecule has 0 aliphatic heterocycles. The lowest BCUT2D eigenvalue weighted by Crippen LogP contribution is -2.22. The van der Waals surface area contributed by atoms with E-state index in [1.807, 2.05) is 0 Å². The van der Waals surface area contributed by atoms with Crippen molar-refractivity contribution in [1.29, 1.82) is 0 Å². The van der Waals surface area contributed by atoms with Crippen molar-refractivity contribution in [2.45, 2.75) is 6.54 Å². The zero-order valence-electron chi connectivity index (χ0n) is 11.6. The monoisotopic (exact) mass is 295 g/mol.